The monoisotopic (exact) mass is 513 g/mol. The van der Waals surface area contributed by atoms with E-state index in [1.165, 1.54) is 0 Å². The molecule has 0 spiro atoms. The second-order valence-corrected chi connectivity index (χ2v) is 10.4. The first-order valence-electron chi connectivity index (χ1n) is 12.0. The summed E-state index contributed by atoms with van der Waals surface area (Å²) in [6, 6.07) is 24.5. The van der Waals surface area contributed by atoms with Crippen LogP contribution in [0.15, 0.2) is 88.3 Å². The van der Waals surface area contributed by atoms with Crippen molar-refractivity contribution in [2.75, 3.05) is 4.72 Å². The number of ether oxygens (including phenoxy) is 1. The number of nitrogens with one attached hydrogen (secondary N) is 1. The van der Waals surface area contributed by atoms with Gasteiger partial charge in [0.25, 0.3) is 10.0 Å². The Balaban J connectivity index is 1.52. The lowest BCUT2D eigenvalue weighted by atomic mass is 10.0. The van der Waals surface area contributed by atoms with Crippen LogP contribution in [0.3, 0.4) is 0 Å². The number of rotatable bonds is 8. The second-order valence-electron chi connectivity index (χ2n) is 8.80. The van der Waals surface area contributed by atoms with E-state index in [-0.39, 0.29) is 17.4 Å². The van der Waals surface area contributed by atoms with Gasteiger partial charge in [0, 0.05) is 28.3 Å². The minimum Gasteiger partial charge on any atom is -0.488 e. The topological polar surface area (TPSA) is 94.3 Å². The van der Waals surface area contributed by atoms with Crippen LogP contribution >= 0.6 is 0 Å². The summed E-state index contributed by atoms with van der Waals surface area (Å²) >= 11 is 0. The average Bonchev–Trinajstić information content (AvgIpc) is 3.23. The van der Waals surface area contributed by atoms with Crippen LogP contribution in [0.25, 0.3) is 22.0 Å². The minimum atomic E-state index is -4.00. The van der Waals surface area contributed by atoms with Gasteiger partial charge in [0.05, 0.1) is 16.1 Å². The average molecular weight is 514 g/mol. The molecule has 2 heterocycles. The molecular formula is C29H27N3O4S. The van der Waals surface area contributed by atoms with Gasteiger partial charge in [0.2, 0.25) is 5.88 Å². The molecular weight excluding hydrogens is 486 g/mol. The largest absolute Gasteiger partial charge is 0.488 e. The van der Waals surface area contributed by atoms with Gasteiger partial charge in [-0.05, 0) is 49.6 Å². The van der Waals surface area contributed by atoms with Crippen molar-refractivity contribution in [3.63, 3.8) is 0 Å². The smallest absolute Gasteiger partial charge is 0.264 e. The van der Waals surface area contributed by atoms with E-state index >= 15 is 0 Å². The van der Waals surface area contributed by atoms with Gasteiger partial charge in [-0.25, -0.2) is 13.1 Å². The zero-order valence-electron chi connectivity index (χ0n) is 20.9. The molecule has 188 valence electrons. The Labute approximate surface area is 216 Å². The summed E-state index contributed by atoms with van der Waals surface area (Å²) in [7, 11) is -4.00. The quantitative estimate of drug-likeness (QED) is 0.256. The third kappa shape index (κ3) is 5.06. The summed E-state index contributed by atoms with van der Waals surface area (Å²) in [5, 5.41) is 4.78. The molecule has 3 aromatic carbocycles. The van der Waals surface area contributed by atoms with Crippen molar-refractivity contribution >= 4 is 26.8 Å². The van der Waals surface area contributed by atoms with Crippen molar-refractivity contribution in [3.05, 3.63) is 101 Å². The number of benzene rings is 3. The zero-order valence-corrected chi connectivity index (χ0v) is 21.7. The lowest BCUT2D eigenvalue weighted by molar-refractivity contribution is 0.309. The highest BCUT2D eigenvalue weighted by atomic mass is 32.2. The lowest BCUT2D eigenvalue weighted by Gasteiger charge is -2.15. The molecule has 0 bridgehead atoms. The molecule has 0 unspecified atom stereocenters. The molecule has 0 aliphatic rings. The number of hydrogen-bond acceptors (Lipinski definition) is 6. The Hall–Kier alpha value is -4.17. The van der Waals surface area contributed by atoms with E-state index in [2.05, 4.69) is 14.9 Å². The maximum absolute atomic E-state index is 13.6. The number of nitrogens with zero attached hydrogens (tertiary/aromatic N) is 2. The third-order valence-corrected chi connectivity index (χ3v) is 7.66. The summed E-state index contributed by atoms with van der Waals surface area (Å²) in [6.45, 7) is 5.76. The van der Waals surface area contributed by atoms with Crippen molar-refractivity contribution in [2.45, 2.75) is 38.7 Å². The predicted octanol–water partition coefficient (Wildman–Crippen LogP) is 6.45. The molecule has 0 saturated heterocycles. The van der Waals surface area contributed by atoms with Gasteiger partial charge in [0.1, 0.15) is 12.4 Å². The van der Waals surface area contributed by atoms with Gasteiger partial charge in [-0.1, -0.05) is 66.7 Å². The van der Waals surface area contributed by atoms with Crippen LogP contribution in [0.2, 0.25) is 0 Å². The van der Waals surface area contributed by atoms with Crippen LogP contribution in [-0.4, -0.2) is 18.6 Å². The number of pyridine rings is 1. The van der Waals surface area contributed by atoms with Crippen LogP contribution < -0.4 is 9.46 Å². The number of anilines is 1. The van der Waals surface area contributed by atoms with Crippen molar-refractivity contribution in [2.24, 2.45) is 0 Å². The van der Waals surface area contributed by atoms with Crippen molar-refractivity contribution < 1.29 is 17.7 Å². The fourth-order valence-corrected chi connectivity index (χ4v) is 5.41. The summed E-state index contributed by atoms with van der Waals surface area (Å²) in [6.07, 6.45) is 0.779. The molecule has 0 aliphatic heterocycles. The molecule has 0 atom stereocenters. The van der Waals surface area contributed by atoms with Crippen molar-refractivity contribution in [1.29, 1.82) is 0 Å². The molecule has 0 amide bonds. The molecule has 37 heavy (non-hydrogen) atoms. The van der Waals surface area contributed by atoms with Gasteiger partial charge >= 0.3 is 0 Å². The summed E-state index contributed by atoms with van der Waals surface area (Å²) < 4.78 is 41.2. The Morgan fingerprint density at radius 2 is 1.70 bits per heavy atom. The van der Waals surface area contributed by atoms with Gasteiger partial charge in [0.15, 0.2) is 0 Å². The number of para-hydroxylation sites is 1. The highest BCUT2D eigenvalue weighted by Gasteiger charge is 2.24. The molecule has 0 radical (unpaired) electrons. The second kappa shape index (κ2) is 10.1. The molecule has 5 rings (SSSR count). The molecule has 0 saturated carbocycles. The molecule has 5 aromatic rings. The molecule has 8 heteroatoms. The molecule has 7 nitrogen and oxygen atoms in total. The highest BCUT2D eigenvalue weighted by Crippen LogP contribution is 2.32. The van der Waals surface area contributed by atoms with E-state index in [1.807, 2.05) is 79.7 Å². The number of sulfonamides is 1. The Morgan fingerprint density at radius 1 is 0.946 bits per heavy atom. The third-order valence-electron chi connectivity index (χ3n) is 6.29. The van der Waals surface area contributed by atoms with Crippen LogP contribution in [-0.2, 0) is 23.1 Å². The van der Waals surface area contributed by atoms with E-state index in [0.29, 0.717) is 28.1 Å². The normalized spacial score (nSPS) is 11.5. The highest BCUT2D eigenvalue weighted by molar-refractivity contribution is 7.92. The van der Waals surface area contributed by atoms with E-state index in [0.717, 1.165) is 28.6 Å². The van der Waals surface area contributed by atoms with Crippen LogP contribution in [0.4, 0.5) is 5.88 Å². The lowest BCUT2D eigenvalue weighted by Crippen LogP contribution is -2.15. The van der Waals surface area contributed by atoms with Crippen molar-refractivity contribution in [1.82, 2.24) is 10.1 Å². The summed E-state index contributed by atoms with van der Waals surface area (Å²) in [5.74, 6) is 0.818. The van der Waals surface area contributed by atoms with Gasteiger partial charge in [-0.15, -0.1) is 0 Å². The predicted molar refractivity (Wildman–Crippen MR) is 144 cm³/mol. The maximum Gasteiger partial charge on any atom is 0.264 e. The van der Waals surface area contributed by atoms with E-state index in [9.17, 15) is 8.42 Å². The first-order valence-corrected chi connectivity index (χ1v) is 13.5. The number of aromatic nitrogens is 2. The van der Waals surface area contributed by atoms with Crippen molar-refractivity contribution in [3.8, 4) is 16.9 Å². The van der Waals surface area contributed by atoms with Crippen LogP contribution in [0, 0.1) is 13.8 Å². The summed E-state index contributed by atoms with van der Waals surface area (Å²) in [5.41, 5.74) is 5.13. The Morgan fingerprint density at radius 3 is 2.43 bits per heavy atom. The first-order chi connectivity index (χ1) is 17.9. The van der Waals surface area contributed by atoms with Gasteiger partial charge in [-0.2, -0.15) is 0 Å². The molecule has 0 aliphatic carbocycles. The zero-order chi connectivity index (χ0) is 26.0. The standard InChI is InChI=1S/C29H27N3O4S/c1-4-23-17-27(25-12-8-9-13-26(25)30-23)35-18-21-14-15-24(22-10-6-5-7-11-22)28(16-21)37(33,34)32-29-19(2)20(3)31-36-29/h5-17,32H,4,18H2,1-3H3. The fraction of sp³-hybridized carbons (Fsp3) is 0.172. The van der Waals surface area contributed by atoms with E-state index in [1.54, 1.807) is 19.9 Å². The number of fused-ring (bicyclic) bond motifs is 1. The summed E-state index contributed by atoms with van der Waals surface area (Å²) in [4.78, 5) is 4.79. The minimum absolute atomic E-state index is 0.105. The first kappa shape index (κ1) is 24.5. The molecule has 0 fully saturated rings. The number of hydrogen-bond donors (Lipinski definition) is 1. The van der Waals surface area contributed by atoms with Crippen LogP contribution in [0.1, 0.15) is 29.4 Å². The molecule has 1 N–H and O–H groups in total. The van der Waals surface area contributed by atoms with Gasteiger partial charge < -0.3 is 9.26 Å². The fourth-order valence-electron chi connectivity index (χ4n) is 4.08. The molecule has 2 aromatic heterocycles. The van der Waals surface area contributed by atoms with Gasteiger partial charge in [-0.3, -0.25) is 4.98 Å². The SMILES string of the molecule is CCc1cc(OCc2ccc(-c3ccccc3)c(S(=O)(=O)Nc3onc(C)c3C)c2)c2ccccc2n1. The van der Waals surface area contributed by atoms with E-state index in [4.69, 9.17) is 9.26 Å². The van der Waals surface area contributed by atoms with E-state index < -0.39 is 10.0 Å². The Bertz CT molecular complexity index is 1680. The maximum atomic E-state index is 13.6. The van der Waals surface area contributed by atoms with Crippen LogP contribution in [0.5, 0.6) is 5.75 Å². The Kier molecular flexibility index (Phi) is 6.67. The number of aryl methyl sites for hydroxylation is 2.